The van der Waals surface area contributed by atoms with Crippen LogP contribution in [0.4, 0.5) is 0 Å². The Hall–Kier alpha value is -1.02. The van der Waals surface area contributed by atoms with Crippen LogP contribution in [-0.4, -0.2) is 8.32 Å². The van der Waals surface area contributed by atoms with Crippen LogP contribution in [0.3, 0.4) is 0 Å². The minimum Gasteiger partial charge on any atom is -0.547 e. The van der Waals surface area contributed by atoms with E-state index in [1.54, 1.807) is 0 Å². The van der Waals surface area contributed by atoms with Crippen molar-refractivity contribution < 1.29 is 4.43 Å². The molecule has 0 bridgehead atoms. The number of benzene rings is 1. The fraction of sp³-hybridized carbons (Fsp3) is 0.429. The van der Waals surface area contributed by atoms with Gasteiger partial charge in [0.2, 0.25) is 8.32 Å². The van der Waals surface area contributed by atoms with Gasteiger partial charge in [-0.1, -0.05) is 30.3 Å². The van der Waals surface area contributed by atoms with Gasteiger partial charge in [0.1, 0.15) is 0 Å². The number of rotatable bonds is 3. The Morgan fingerprint density at radius 3 is 2.31 bits per heavy atom. The Labute approximate surface area is 99.3 Å². The molecule has 0 N–H and O–H groups in total. The summed E-state index contributed by atoms with van der Waals surface area (Å²) in [6, 6.07) is 10.7. The molecule has 1 aliphatic carbocycles. The normalized spacial score (nSPS) is 16.7. The standard InChI is InChI=1S/C14H20OSi/c1-16(2,3)15-14-11-7-10-13(14)12-8-5-4-6-9-12/h4-6,8-9H,7,10-11H2,1-3H3. The van der Waals surface area contributed by atoms with Crippen molar-refractivity contribution in [2.24, 2.45) is 0 Å². The fourth-order valence-corrected chi connectivity index (χ4v) is 3.11. The first-order valence-electron chi connectivity index (χ1n) is 6.03. The van der Waals surface area contributed by atoms with Crippen LogP contribution in [0.15, 0.2) is 36.1 Å². The summed E-state index contributed by atoms with van der Waals surface area (Å²) in [5.41, 5.74) is 2.77. The Balaban J connectivity index is 2.27. The van der Waals surface area contributed by atoms with E-state index in [2.05, 4.69) is 50.0 Å². The quantitative estimate of drug-likeness (QED) is 0.700. The molecule has 0 atom stereocenters. The predicted molar refractivity (Wildman–Crippen MR) is 71.6 cm³/mol. The second kappa shape index (κ2) is 4.46. The molecule has 16 heavy (non-hydrogen) atoms. The van der Waals surface area contributed by atoms with Gasteiger partial charge in [-0.25, -0.2) is 0 Å². The van der Waals surface area contributed by atoms with E-state index >= 15 is 0 Å². The van der Waals surface area contributed by atoms with E-state index in [-0.39, 0.29) is 0 Å². The molecule has 86 valence electrons. The summed E-state index contributed by atoms with van der Waals surface area (Å²) in [7, 11) is -1.45. The molecule has 0 heterocycles. The zero-order chi connectivity index (χ0) is 11.6. The lowest BCUT2D eigenvalue weighted by Crippen LogP contribution is -2.24. The molecular formula is C14H20OSi. The lowest BCUT2D eigenvalue weighted by molar-refractivity contribution is 0.410. The van der Waals surface area contributed by atoms with E-state index in [1.807, 2.05) is 0 Å². The number of hydrogen-bond donors (Lipinski definition) is 0. The minimum absolute atomic E-state index is 1.12. The van der Waals surface area contributed by atoms with Gasteiger partial charge in [0.15, 0.2) is 0 Å². The smallest absolute Gasteiger partial charge is 0.241 e. The molecule has 0 radical (unpaired) electrons. The van der Waals surface area contributed by atoms with Crippen LogP contribution in [0.1, 0.15) is 24.8 Å². The molecule has 2 heteroatoms. The number of hydrogen-bond acceptors (Lipinski definition) is 1. The van der Waals surface area contributed by atoms with Crippen molar-refractivity contribution in [3.05, 3.63) is 41.7 Å². The summed E-state index contributed by atoms with van der Waals surface area (Å²) < 4.78 is 6.18. The van der Waals surface area contributed by atoms with Crippen LogP contribution in [0.25, 0.3) is 5.57 Å². The van der Waals surface area contributed by atoms with Crippen molar-refractivity contribution in [3.63, 3.8) is 0 Å². The summed E-state index contributed by atoms with van der Waals surface area (Å²) in [4.78, 5) is 0. The average Bonchev–Trinajstić information content (AvgIpc) is 2.64. The van der Waals surface area contributed by atoms with Crippen molar-refractivity contribution >= 4 is 13.9 Å². The predicted octanol–water partition coefficient (Wildman–Crippen LogP) is 4.43. The molecule has 1 nitrogen and oxygen atoms in total. The molecule has 0 unspecified atom stereocenters. The van der Waals surface area contributed by atoms with E-state index in [4.69, 9.17) is 4.43 Å². The van der Waals surface area contributed by atoms with Gasteiger partial charge in [-0.3, -0.25) is 0 Å². The highest BCUT2D eigenvalue weighted by atomic mass is 28.4. The molecule has 0 fully saturated rings. The Bertz CT molecular complexity index is 387. The summed E-state index contributed by atoms with van der Waals surface area (Å²) in [5.74, 6) is 1.25. The third-order valence-electron chi connectivity index (χ3n) is 2.72. The van der Waals surface area contributed by atoms with Gasteiger partial charge >= 0.3 is 0 Å². The maximum absolute atomic E-state index is 6.18. The van der Waals surface area contributed by atoms with Gasteiger partial charge in [-0.05, 0) is 43.6 Å². The lowest BCUT2D eigenvalue weighted by atomic mass is 10.1. The first kappa shape index (κ1) is 11.5. The van der Waals surface area contributed by atoms with Crippen LogP contribution in [0.2, 0.25) is 19.6 Å². The van der Waals surface area contributed by atoms with Crippen molar-refractivity contribution in [2.75, 3.05) is 0 Å². The van der Waals surface area contributed by atoms with Crippen LogP contribution in [0, 0.1) is 0 Å². The summed E-state index contributed by atoms with van der Waals surface area (Å²) >= 11 is 0. The van der Waals surface area contributed by atoms with Crippen LogP contribution < -0.4 is 0 Å². The second-order valence-corrected chi connectivity index (χ2v) is 9.76. The highest BCUT2D eigenvalue weighted by Crippen LogP contribution is 2.35. The molecule has 0 saturated heterocycles. The third kappa shape index (κ3) is 2.76. The summed E-state index contributed by atoms with van der Waals surface area (Å²) in [6.45, 7) is 6.75. The van der Waals surface area contributed by atoms with Crippen LogP contribution in [-0.2, 0) is 4.43 Å². The summed E-state index contributed by atoms with van der Waals surface area (Å²) in [6.07, 6.45) is 3.53. The Morgan fingerprint density at radius 2 is 1.69 bits per heavy atom. The van der Waals surface area contributed by atoms with Gasteiger partial charge < -0.3 is 4.43 Å². The highest BCUT2D eigenvalue weighted by molar-refractivity contribution is 6.70. The molecule has 0 saturated carbocycles. The average molecular weight is 232 g/mol. The molecule has 0 amide bonds. The molecule has 1 aliphatic rings. The van der Waals surface area contributed by atoms with Gasteiger partial charge in [-0.2, -0.15) is 0 Å². The van der Waals surface area contributed by atoms with Crippen molar-refractivity contribution in [1.29, 1.82) is 0 Å². The first-order chi connectivity index (χ1) is 7.56. The summed E-state index contributed by atoms with van der Waals surface area (Å²) in [5, 5.41) is 0. The monoisotopic (exact) mass is 232 g/mol. The number of allylic oxidation sites excluding steroid dienone is 2. The largest absolute Gasteiger partial charge is 0.547 e. The van der Waals surface area contributed by atoms with Crippen molar-refractivity contribution in [3.8, 4) is 0 Å². The second-order valence-electron chi connectivity index (χ2n) is 5.34. The lowest BCUT2D eigenvalue weighted by Gasteiger charge is -2.21. The maximum Gasteiger partial charge on any atom is 0.241 e. The van der Waals surface area contributed by atoms with Gasteiger partial charge in [0.05, 0.1) is 5.76 Å². The van der Waals surface area contributed by atoms with E-state index in [0.29, 0.717) is 0 Å². The first-order valence-corrected chi connectivity index (χ1v) is 9.43. The fourth-order valence-electron chi connectivity index (χ4n) is 2.14. The van der Waals surface area contributed by atoms with Crippen molar-refractivity contribution in [1.82, 2.24) is 0 Å². The molecule has 0 aliphatic heterocycles. The van der Waals surface area contributed by atoms with Crippen LogP contribution in [0.5, 0.6) is 0 Å². The van der Waals surface area contributed by atoms with E-state index in [1.165, 1.54) is 29.7 Å². The zero-order valence-corrected chi connectivity index (χ0v) is 11.4. The third-order valence-corrected chi connectivity index (χ3v) is 3.58. The van der Waals surface area contributed by atoms with Gasteiger partial charge in [0.25, 0.3) is 0 Å². The molecular weight excluding hydrogens is 212 g/mol. The molecule has 1 aromatic carbocycles. The topological polar surface area (TPSA) is 9.23 Å². The van der Waals surface area contributed by atoms with Gasteiger partial charge in [-0.15, -0.1) is 0 Å². The highest BCUT2D eigenvalue weighted by Gasteiger charge is 2.23. The minimum atomic E-state index is -1.45. The van der Waals surface area contributed by atoms with E-state index in [9.17, 15) is 0 Å². The maximum atomic E-state index is 6.18. The Kier molecular flexibility index (Phi) is 3.19. The van der Waals surface area contributed by atoms with E-state index in [0.717, 1.165) is 6.42 Å². The van der Waals surface area contributed by atoms with Gasteiger partial charge in [0, 0.05) is 6.42 Å². The van der Waals surface area contributed by atoms with Crippen molar-refractivity contribution in [2.45, 2.75) is 38.9 Å². The molecule has 1 aromatic rings. The van der Waals surface area contributed by atoms with E-state index < -0.39 is 8.32 Å². The molecule has 0 aromatic heterocycles. The molecule has 2 rings (SSSR count). The van der Waals surface area contributed by atoms with Crippen LogP contribution >= 0.6 is 0 Å². The zero-order valence-electron chi connectivity index (χ0n) is 10.4. The SMILES string of the molecule is C[Si](C)(C)OC1=C(c2ccccc2)CCC1. The molecule has 0 spiro atoms. The Morgan fingerprint density at radius 1 is 1.00 bits per heavy atom.